The third-order valence-electron chi connectivity index (χ3n) is 3.62. The summed E-state index contributed by atoms with van der Waals surface area (Å²) in [5, 5.41) is 4.88. The minimum atomic E-state index is -0.838. The maximum atomic E-state index is 13.1. The van der Waals surface area contributed by atoms with E-state index in [-0.39, 0.29) is 16.8 Å². The summed E-state index contributed by atoms with van der Waals surface area (Å²) >= 11 is 5.64. The summed E-state index contributed by atoms with van der Waals surface area (Å²) in [6, 6.07) is 11.2. The zero-order valence-electron chi connectivity index (χ0n) is 13.4. The second-order valence-electron chi connectivity index (χ2n) is 5.37. The van der Waals surface area contributed by atoms with E-state index < -0.39 is 17.6 Å². The van der Waals surface area contributed by atoms with Gasteiger partial charge in [0, 0.05) is 5.69 Å². The summed E-state index contributed by atoms with van der Waals surface area (Å²) in [5.74, 6) is -2.21. The molecule has 0 heterocycles. The maximum Gasteiger partial charge on any atom is 0.313 e. The van der Waals surface area contributed by atoms with E-state index >= 15 is 0 Å². The van der Waals surface area contributed by atoms with Crippen LogP contribution in [0.25, 0.3) is 0 Å². The molecule has 0 aromatic heterocycles. The standard InChI is InChI=1S/C18H18ClFN2O2/c1-3-12-4-6-13(7-5-12)11(2)21-17(23)18(24)22-14-8-9-16(20)15(19)10-14/h4-11H,3H2,1-2H3,(H,21,23)(H,22,24). The van der Waals surface area contributed by atoms with E-state index in [9.17, 15) is 14.0 Å². The first-order valence-electron chi connectivity index (χ1n) is 7.56. The Balaban J connectivity index is 1.97. The number of benzene rings is 2. The van der Waals surface area contributed by atoms with Gasteiger partial charge in [0.05, 0.1) is 11.1 Å². The molecule has 1 atom stereocenters. The predicted octanol–water partition coefficient (Wildman–Crippen LogP) is 3.86. The van der Waals surface area contributed by atoms with Gasteiger partial charge in [0.1, 0.15) is 5.82 Å². The molecule has 0 radical (unpaired) electrons. The molecule has 2 aromatic carbocycles. The summed E-state index contributed by atoms with van der Waals surface area (Å²) in [6.07, 6.45) is 0.934. The Bertz CT molecular complexity index is 747. The van der Waals surface area contributed by atoms with Gasteiger partial charge in [-0.15, -0.1) is 0 Å². The van der Waals surface area contributed by atoms with Crippen molar-refractivity contribution in [3.63, 3.8) is 0 Å². The van der Waals surface area contributed by atoms with E-state index in [1.807, 2.05) is 24.3 Å². The van der Waals surface area contributed by atoms with Gasteiger partial charge in [-0.2, -0.15) is 0 Å². The lowest BCUT2D eigenvalue weighted by Crippen LogP contribution is -2.36. The van der Waals surface area contributed by atoms with Crippen LogP contribution in [-0.4, -0.2) is 11.8 Å². The quantitative estimate of drug-likeness (QED) is 0.824. The molecule has 6 heteroatoms. The van der Waals surface area contributed by atoms with Crippen molar-refractivity contribution >= 4 is 29.1 Å². The average Bonchev–Trinajstić information content (AvgIpc) is 2.58. The van der Waals surface area contributed by atoms with Crippen LogP contribution in [-0.2, 0) is 16.0 Å². The van der Waals surface area contributed by atoms with E-state index in [0.29, 0.717) is 0 Å². The van der Waals surface area contributed by atoms with Crippen LogP contribution in [0.2, 0.25) is 5.02 Å². The molecule has 24 heavy (non-hydrogen) atoms. The third kappa shape index (κ3) is 4.55. The molecule has 0 bridgehead atoms. The second kappa shape index (κ2) is 7.93. The van der Waals surface area contributed by atoms with Gasteiger partial charge in [0.2, 0.25) is 0 Å². The predicted molar refractivity (Wildman–Crippen MR) is 92.4 cm³/mol. The number of anilines is 1. The third-order valence-corrected chi connectivity index (χ3v) is 3.91. The van der Waals surface area contributed by atoms with Gasteiger partial charge >= 0.3 is 11.8 Å². The smallest absolute Gasteiger partial charge is 0.313 e. The largest absolute Gasteiger partial charge is 0.341 e. The molecule has 0 aliphatic heterocycles. The van der Waals surface area contributed by atoms with E-state index in [1.165, 1.54) is 17.7 Å². The van der Waals surface area contributed by atoms with Crippen molar-refractivity contribution in [1.82, 2.24) is 5.32 Å². The Kier molecular flexibility index (Phi) is 5.93. The van der Waals surface area contributed by atoms with Gasteiger partial charge in [-0.05, 0) is 42.7 Å². The lowest BCUT2D eigenvalue weighted by Gasteiger charge is -2.14. The van der Waals surface area contributed by atoms with Crippen molar-refractivity contribution in [2.45, 2.75) is 26.3 Å². The number of hydrogen-bond acceptors (Lipinski definition) is 2. The zero-order valence-corrected chi connectivity index (χ0v) is 14.2. The molecule has 0 spiro atoms. The van der Waals surface area contributed by atoms with Crippen molar-refractivity contribution in [2.24, 2.45) is 0 Å². The van der Waals surface area contributed by atoms with Crippen LogP contribution in [0.15, 0.2) is 42.5 Å². The summed E-state index contributed by atoms with van der Waals surface area (Å²) in [5.41, 5.74) is 2.35. The molecule has 126 valence electrons. The van der Waals surface area contributed by atoms with Gasteiger partial charge in [0.25, 0.3) is 0 Å². The molecular formula is C18H18ClFN2O2. The van der Waals surface area contributed by atoms with Crippen LogP contribution < -0.4 is 10.6 Å². The van der Waals surface area contributed by atoms with Crippen molar-refractivity contribution < 1.29 is 14.0 Å². The first kappa shape index (κ1) is 17.9. The number of amides is 2. The Morgan fingerprint density at radius 1 is 1.12 bits per heavy atom. The summed E-state index contributed by atoms with van der Waals surface area (Å²) in [7, 11) is 0. The Morgan fingerprint density at radius 2 is 1.79 bits per heavy atom. The van der Waals surface area contributed by atoms with E-state index in [1.54, 1.807) is 6.92 Å². The molecule has 2 amide bonds. The lowest BCUT2D eigenvalue weighted by molar-refractivity contribution is -0.136. The van der Waals surface area contributed by atoms with Gasteiger partial charge < -0.3 is 10.6 Å². The van der Waals surface area contributed by atoms with Crippen LogP contribution in [0.4, 0.5) is 10.1 Å². The van der Waals surface area contributed by atoms with Crippen LogP contribution in [0.5, 0.6) is 0 Å². The minimum Gasteiger partial charge on any atom is -0.341 e. The van der Waals surface area contributed by atoms with Crippen molar-refractivity contribution in [1.29, 1.82) is 0 Å². The number of rotatable bonds is 4. The van der Waals surface area contributed by atoms with Crippen molar-refractivity contribution in [3.8, 4) is 0 Å². The number of halogens is 2. The van der Waals surface area contributed by atoms with Gasteiger partial charge in [-0.3, -0.25) is 9.59 Å². The molecule has 0 aliphatic rings. The Morgan fingerprint density at radius 3 is 2.38 bits per heavy atom. The highest BCUT2D eigenvalue weighted by Crippen LogP contribution is 2.19. The van der Waals surface area contributed by atoms with Crippen LogP contribution >= 0.6 is 11.6 Å². The van der Waals surface area contributed by atoms with Crippen LogP contribution in [0.1, 0.15) is 31.0 Å². The summed E-state index contributed by atoms with van der Waals surface area (Å²) in [4.78, 5) is 23.9. The Hall–Kier alpha value is -2.40. The zero-order chi connectivity index (χ0) is 17.7. The number of aryl methyl sites for hydroxylation is 1. The molecule has 4 nitrogen and oxygen atoms in total. The molecule has 2 N–H and O–H groups in total. The number of nitrogens with one attached hydrogen (secondary N) is 2. The van der Waals surface area contributed by atoms with Gasteiger partial charge in [0.15, 0.2) is 0 Å². The SMILES string of the molecule is CCc1ccc(C(C)NC(=O)C(=O)Nc2ccc(F)c(Cl)c2)cc1. The molecular weight excluding hydrogens is 331 g/mol. The van der Waals surface area contributed by atoms with Crippen molar-refractivity contribution in [2.75, 3.05) is 5.32 Å². The number of carbonyl (C=O) groups excluding carboxylic acids is 2. The molecule has 0 fully saturated rings. The van der Waals surface area contributed by atoms with Gasteiger partial charge in [-0.25, -0.2) is 4.39 Å². The minimum absolute atomic E-state index is 0.127. The van der Waals surface area contributed by atoms with E-state index in [4.69, 9.17) is 11.6 Å². The fourth-order valence-electron chi connectivity index (χ4n) is 2.15. The van der Waals surface area contributed by atoms with Crippen LogP contribution in [0.3, 0.4) is 0 Å². The lowest BCUT2D eigenvalue weighted by atomic mass is 10.1. The monoisotopic (exact) mass is 348 g/mol. The van der Waals surface area contributed by atoms with Crippen molar-refractivity contribution in [3.05, 3.63) is 64.4 Å². The highest BCUT2D eigenvalue weighted by molar-refractivity contribution is 6.40. The highest BCUT2D eigenvalue weighted by Gasteiger charge is 2.17. The number of carbonyl (C=O) groups is 2. The first-order chi connectivity index (χ1) is 11.4. The topological polar surface area (TPSA) is 58.2 Å². The Labute approximate surface area is 145 Å². The molecule has 0 aliphatic carbocycles. The maximum absolute atomic E-state index is 13.1. The van der Waals surface area contributed by atoms with Crippen LogP contribution in [0, 0.1) is 5.82 Å². The molecule has 1 unspecified atom stereocenters. The normalized spacial score (nSPS) is 11.7. The average molecular weight is 349 g/mol. The molecule has 2 rings (SSSR count). The fourth-order valence-corrected chi connectivity index (χ4v) is 2.33. The second-order valence-corrected chi connectivity index (χ2v) is 5.78. The number of hydrogen-bond donors (Lipinski definition) is 2. The summed E-state index contributed by atoms with van der Waals surface area (Å²) < 4.78 is 13.1. The molecule has 0 saturated heterocycles. The molecule has 0 saturated carbocycles. The fraction of sp³-hybridized carbons (Fsp3) is 0.222. The first-order valence-corrected chi connectivity index (χ1v) is 7.94. The summed E-state index contributed by atoms with van der Waals surface area (Å²) in [6.45, 7) is 3.85. The van der Waals surface area contributed by atoms with Gasteiger partial charge in [-0.1, -0.05) is 42.8 Å². The van der Waals surface area contributed by atoms with E-state index in [0.717, 1.165) is 18.1 Å². The van der Waals surface area contributed by atoms with E-state index in [2.05, 4.69) is 17.6 Å². The molecule has 2 aromatic rings. The highest BCUT2D eigenvalue weighted by atomic mass is 35.5.